The van der Waals surface area contributed by atoms with E-state index in [9.17, 15) is 14.0 Å². The fraction of sp³-hybridized carbons (Fsp3) is 0.474. The summed E-state index contributed by atoms with van der Waals surface area (Å²) in [6.45, 7) is 2.56. The van der Waals surface area contributed by atoms with Crippen LogP contribution in [-0.2, 0) is 29.0 Å². The van der Waals surface area contributed by atoms with Gasteiger partial charge in [-0.3, -0.25) is 9.59 Å². The van der Waals surface area contributed by atoms with Gasteiger partial charge in [-0.2, -0.15) is 0 Å². The molecule has 0 aliphatic carbocycles. The number of halogens is 2. The zero-order chi connectivity index (χ0) is 20.4. The molecule has 1 saturated heterocycles. The lowest BCUT2D eigenvalue weighted by molar-refractivity contribution is -0.125. The van der Waals surface area contributed by atoms with Crippen LogP contribution in [-0.4, -0.2) is 57.8 Å². The molecule has 1 aromatic carbocycles. The largest absolute Gasteiger partial charge is 0.381 e. The van der Waals surface area contributed by atoms with E-state index in [4.69, 9.17) is 16.3 Å². The van der Waals surface area contributed by atoms with Gasteiger partial charge in [0.15, 0.2) is 11.6 Å². The molecule has 1 fully saturated rings. The Morgan fingerprint density at radius 3 is 2.93 bits per heavy atom. The number of amides is 2. The Hall–Kier alpha value is -2.52. The number of carbonyl (C=O) groups excluding carboxylic acids is 2. The molecule has 3 heterocycles. The van der Waals surface area contributed by atoms with E-state index in [1.54, 1.807) is 11.0 Å². The zero-order valence-electron chi connectivity index (χ0n) is 15.7. The molecule has 2 aromatic rings. The van der Waals surface area contributed by atoms with Crippen molar-refractivity contribution in [3.8, 4) is 0 Å². The minimum atomic E-state index is -0.706. The summed E-state index contributed by atoms with van der Waals surface area (Å²) in [6.07, 6.45) is 1.21. The highest BCUT2D eigenvalue weighted by atomic mass is 35.5. The van der Waals surface area contributed by atoms with E-state index in [0.29, 0.717) is 45.1 Å². The Labute approximate surface area is 172 Å². The summed E-state index contributed by atoms with van der Waals surface area (Å²) in [5, 5.41) is 11.2. The number of carbonyl (C=O) groups is 2. The maximum atomic E-state index is 14.2. The molecule has 8 nitrogen and oxygen atoms in total. The number of ether oxygens (including phenoxy) is 1. The summed E-state index contributed by atoms with van der Waals surface area (Å²) in [4.78, 5) is 26.5. The molecule has 1 aromatic heterocycles. The van der Waals surface area contributed by atoms with Crippen molar-refractivity contribution in [3.05, 3.63) is 46.3 Å². The van der Waals surface area contributed by atoms with Crippen molar-refractivity contribution in [1.82, 2.24) is 25.0 Å². The molecule has 1 N–H and O–H groups in total. The molecule has 1 atom stereocenters. The number of fused-ring (bicyclic) bond motifs is 1. The standard InChI is InChI=1S/C19H21ClFN5O3/c20-14-3-1-2-13(17(14)21)19(28)25-6-4-15-23-24-16(26(15)8-7-25)10-22-18(27)12-5-9-29-11-12/h1-3,12H,4-11H2,(H,22,27)/t12-/m0/s1. The number of hydrogen-bond acceptors (Lipinski definition) is 5. The first-order valence-electron chi connectivity index (χ1n) is 9.54. The summed E-state index contributed by atoms with van der Waals surface area (Å²) in [7, 11) is 0. The van der Waals surface area contributed by atoms with Gasteiger partial charge in [-0.1, -0.05) is 17.7 Å². The average molecular weight is 422 g/mol. The van der Waals surface area contributed by atoms with E-state index in [0.717, 1.165) is 12.2 Å². The second kappa shape index (κ2) is 8.46. The Morgan fingerprint density at radius 1 is 1.28 bits per heavy atom. The number of hydrogen-bond donors (Lipinski definition) is 1. The third-order valence-corrected chi connectivity index (χ3v) is 5.59. The first-order valence-corrected chi connectivity index (χ1v) is 9.92. The van der Waals surface area contributed by atoms with Crippen LogP contribution in [0.5, 0.6) is 0 Å². The van der Waals surface area contributed by atoms with E-state index in [1.807, 2.05) is 4.57 Å². The highest BCUT2D eigenvalue weighted by molar-refractivity contribution is 6.31. The number of nitrogens with zero attached hydrogens (tertiary/aromatic N) is 4. The van der Waals surface area contributed by atoms with Crippen molar-refractivity contribution >= 4 is 23.4 Å². The molecule has 154 valence electrons. The van der Waals surface area contributed by atoms with Crippen molar-refractivity contribution in [1.29, 1.82) is 0 Å². The van der Waals surface area contributed by atoms with E-state index in [1.165, 1.54) is 12.1 Å². The minimum Gasteiger partial charge on any atom is -0.381 e. The monoisotopic (exact) mass is 421 g/mol. The smallest absolute Gasteiger partial charge is 0.256 e. The van der Waals surface area contributed by atoms with Crippen LogP contribution in [0.2, 0.25) is 5.02 Å². The lowest BCUT2D eigenvalue weighted by atomic mass is 10.1. The maximum absolute atomic E-state index is 14.2. The van der Waals surface area contributed by atoms with Crippen molar-refractivity contribution in [2.45, 2.75) is 25.9 Å². The fourth-order valence-electron chi connectivity index (χ4n) is 3.61. The molecule has 0 radical (unpaired) electrons. The summed E-state index contributed by atoms with van der Waals surface area (Å²) in [5.74, 6) is 0.0849. The highest BCUT2D eigenvalue weighted by Gasteiger charge is 2.26. The second-order valence-electron chi connectivity index (χ2n) is 7.11. The number of aromatic nitrogens is 3. The molecule has 0 spiro atoms. The van der Waals surface area contributed by atoms with E-state index in [-0.39, 0.29) is 29.0 Å². The Kier molecular flexibility index (Phi) is 5.77. The molecule has 4 rings (SSSR count). The molecule has 2 aliphatic rings. The molecular weight excluding hydrogens is 401 g/mol. The van der Waals surface area contributed by atoms with Gasteiger partial charge in [0.25, 0.3) is 5.91 Å². The molecule has 0 saturated carbocycles. The van der Waals surface area contributed by atoms with Crippen molar-refractivity contribution in [2.75, 3.05) is 26.3 Å². The predicted molar refractivity (Wildman–Crippen MR) is 102 cm³/mol. The van der Waals surface area contributed by atoms with Crippen molar-refractivity contribution in [3.63, 3.8) is 0 Å². The van der Waals surface area contributed by atoms with Crippen molar-refractivity contribution in [2.24, 2.45) is 5.92 Å². The number of nitrogens with one attached hydrogen (secondary N) is 1. The predicted octanol–water partition coefficient (Wildman–Crippen LogP) is 1.42. The van der Waals surface area contributed by atoms with Gasteiger partial charge in [0, 0.05) is 32.7 Å². The summed E-state index contributed by atoms with van der Waals surface area (Å²) >= 11 is 5.80. The fourth-order valence-corrected chi connectivity index (χ4v) is 3.78. The van der Waals surface area contributed by atoms with Crippen LogP contribution in [0.15, 0.2) is 18.2 Å². The Balaban J connectivity index is 1.41. The molecule has 2 amide bonds. The number of benzene rings is 1. The third kappa shape index (κ3) is 4.11. The molecule has 29 heavy (non-hydrogen) atoms. The van der Waals surface area contributed by atoms with Crippen LogP contribution < -0.4 is 5.32 Å². The maximum Gasteiger partial charge on any atom is 0.256 e. The van der Waals surface area contributed by atoms with Crippen LogP contribution in [0.3, 0.4) is 0 Å². The second-order valence-corrected chi connectivity index (χ2v) is 7.51. The summed E-state index contributed by atoms with van der Waals surface area (Å²) in [5.41, 5.74) is -0.0403. The van der Waals surface area contributed by atoms with Gasteiger partial charge in [-0.15, -0.1) is 10.2 Å². The van der Waals surface area contributed by atoms with E-state index < -0.39 is 11.7 Å². The molecule has 2 aliphatic heterocycles. The molecular formula is C19H21ClFN5O3. The SMILES string of the molecule is O=C(NCc1nnc2n1CCN(C(=O)c1cccc(Cl)c1F)CC2)[C@H]1CCOC1. The van der Waals surface area contributed by atoms with Gasteiger partial charge in [0.2, 0.25) is 5.91 Å². The van der Waals surface area contributed by atoms with Crippen LogP contribution in [0, 0.1) is 11.7 Å². The lowest BCUT2D eigenvalue weighted by Crippen LogP contribution is -2.34. The average Bonchev–Trinajstić information content (AvgIpc) is 3.34. The zero-order valence-corrected chi connectivity index (χ0v) is 16.5. The van der Waals surface area contributed by atoms with Crippen LogP contribution in [0.4, 0.5) is 4.39 Å². The van der Waals surface area contributed by atoms with E-state index >= 15 is 0 Å². The van der Waals surface area contributed by atoms with Gasteiger partial charge in [0.1, 0.15) is 5.82 Å². The van der Waals surface area contributed by atoms with Crippen LogP contribution in [0.25, 0.3) is 0 Å². The van der Waals surface area contributed by atoms with Gasteiger partial charge < -0.3 is 19.5 Å². The quantitative estimate of drug-likeness (QED) is 0.806. The summed E-state index contributed by atoms with van der Waals surface area (Å²) < 4.78 is 21.4. The topological polar surface area (TPSA) is 89.4 Å². The first-order chi connectivity index (χ1) is 14.0. The first kappa shape index (κ1) is 19.8. The normalized spacial score (nSPS) is 19.0. The van der Waals surface area contributed by atoms with Gasteiger partial charge >= 0.3 is 0 Å². The van der Waals surface area contributed by atoms with Crippen molar-refractivity contribution < 1.29 is 18.7 Å². The third-order valence-electron chi connectivity index (χ3n) is 5.29. The van der Waals surface area contributed by atoms with Gasteiger partial charge in [-0.25, -0.2) is 4.39 Å². The highest BCUT2D eigenvalue weighted by Crippen LogP contribution is 2.20. The Morgan fingerprint density at radius 2 is 2.14 bits per heavy atom. The lowest BCUT2D eigenvalue weighted by Gasteiger charge is -2.20. The molecule has 0 bridgehead atoms. The molecule has 10 heteroatoms. The van der Waals surface area contributed by atoms with Gasteiger partial charge in [0.05, 0.1) is 29.7 Å². The van der Waals surface area contributed by atoms with Crippen LogP contribution in [0.1, 0.15) is 28.4 Å². The Bertz CT molecular complexity index is 929. The minimum absolute atomic E-state index is 0.0403. The van der Waals surface area contributed by atoms with Crippen LogP contribution >= 0.6 is 11.6 Å². The molecule has 0 unspecified atom stereocenters. The number of rotatable bonds is 4. The summed E-state index contributed by atoms with van der Waals surface area (Å²) in [6, 6.07) is 4.40. The van der Waals surface area contributed by atoms with Gasteiger partial charge in [-0.05, 0) is 18.6 Å². The van der Waals surface area contributed by atoms with E-state index in [2.05, 4.69) is 15.5 Å².